The normalized spacial score (nSPS) is 21.3. The number of guanidine groups is 1. The van der Waals surface area contributed by atoms with Gasteiger partial charge in [0.2, 0.25) is 53.2 Å². The average molecular weight is 1040 g/mol. The number of nitrogens with one attached hydrogen (secondary N) is 9. The number of nitrogens with two attached hydrogens (primary N) is 3. The SMILES string of the molecule is CCCC[C@H](NC(C)=O)C(=O)N[C@H]1CC(=O)NCCCC[C@@H](C(N)=O)NC(=O)[C@H](Cc2c[nH]c3ccccc23)NC(=O)[C@H](CCCN=C(N)N)NC(=O)[C@@H](Cc2ccccc2)N(C)C(=O)[C@H](Cc2cnc[nH]2)NC1=O. The Morgan fingerprint density at radius 3 is 2.21 bits per heavy atom. The van der Waals surface area contributed by atoms with E-state index in [1.807, 2.05) is 31.2 Å². The van der Waals surface area contributed by atoms with Crippen molar-refractivity contribution in [1.82, 2.24) is 57.1 Å². The molecule has 0 saturated carbocycles. The first-order chi connectivity index (χ1) is 35.9. The lowest BCUT2D eigenvalue weighted by molar-refractivity contribution is -0.143. The van der Waals surface area contributed by atoms with Crippen LogP contribution in [0.1, 0.15) is 88.5 Å². The number of likely N-dealkylation sites (N-methyl/N-ethyl adjacent to an activating group) is 1. The zero-order valence-corrected chi connectivity index (χ0v) is 42.6. The van der Waals surface area contributed by atoms with E-state index in [2.05, 4.69) is 57.2 Å². The molecule has 75 heavy (non-hydrogen) atoms. The molecule has 404 valence electrons. The number of fused-ring (bicyclic) bond motifs is 1. The van der Waals surface area contributed by atoms with Gasteiger partial charge in [-0.2, -0.15) is 0 Å². The number of aliphatic imine (C=N–C) groups is 1. The van der Waals surface area contributed by atoms with Gasteiger partial charge in [0.15, 0.2) is 5.96 Å². The van der Waals surface area contributed by atoms with Crippen molar-refractivity contribution in [3.05, 3.63) is 90.1 Å². The summed E-state index contributed by atoms with van der Waals surface area (Å²) in [5.41, 5.74) is 19.5. The molecule has 0 aliphatic carbocycles. The maximum atomic E-state index is 15.0. The van der Waals surface area contributed by atoms with Gasteiger partial charge in [-0.05, 0) is 55.7 Å². The number of aromatic amines is 2. The quantitative estimate of drug-likeness (QED) is 0.0348. The number of primary amides is 1. The predicted molar refractivity (Wildman–Crippen MR) is 278 cm³/mol. The second-order valence-corrected chi connectivity index (χ2v) is 18.6. The van der Waals surface area contributed by atoms with Gasteiger partial charge in [0.1, 0.15) is 42.3 Å². The minimum atomic E-state index is -1.58. The Kier molecular flexibility index (Phi) is 22.1. The van der Waals surface area contributed by atoms with Crippen molar-refractivity contribution in [2.45, 2.75) is 133 Å². The summed E-state index contributed by atoms with van der Waals surface area (Å²) in [5.74, 6) is -6.94. The van der Waals surface area contributed by atoms with E-state index in [4.69, 9.17) is 17.2 Å². The van der Waals surface area contributed by atoms with Gasteiger partial charge in [-0.3, -0.25) is 48.1 Å². The molecule has 1 aliphatic rings. The third-order valence-corrected chi connectivity index (χ3v) is 12.8. The molecule has 5 rings (SSSR count). The summed E-state index contributed by atoms with van der Waals surface area (Å²) in [6.45, 7) is 3.26. The summed E-state index contributed by atoms with van der Waals surface area (Å²) < 4.78 is 0. The van der Waals surface area contributed by atoms with E-state index in [-0.39, 0.29) is 76.8 Å². The molecule has 0 bridgehead atoms. The van der Waals surface area contributed by atoms with Crippen molar-refractivity contribution in [2.75, 3.05) is 20.1 Å². The highest BCUT2D eigenvalue weighted by atomic mass is 16.2. The van der Waals surface area contributed by atoms with E-state index in [1.54, 1.807) is 36.5 Å². The maximum Gasteiger partial charge on any atom is 0.245 e. The van der Waals surface area contributed by atoms with E-state index in [0.29, 0.717) is 29.7 Å². The number of para-hydroxylation sites is 1. The highest BCUT2D eigenvalue weighted by molar-refractivity contribution is 5.99. The summed E-state index contributed by atoms with van der Waals surface area (Å²) in [4.78, 5) is 141. The van der Waals surface area contributed by atoms with E-state index in [0.717, 1.165) is 15.8 Å². The fourth-order valence-electron chi connectivity index (χ4n) is 8.69. The average Bonchev–Trinajstić information content (AvgIpc) is 4.06. The fraction of sp³-hybridized carbons (Fsp3) is 0.471. The third-order valence-electron chi connectivity index (χ3n) is 12.8. The van der Waals surface area contributed by atoms with Crippen molar-refractivity contribution in [3.8, 4) is 0 Å². The first-order valence-electron chi connectivity index (χ1n) is 25.2. The summed E-state index contributed by atoms with van der Waals surface area (Å²) in [6.07, 6.45) is 5.80. The number of carbonyl (C=O) groups is 9. The highest BCUT2D eigenvalue weighted by Gasteiger charge is 2.38. The molecule has 4 aromatic rings. The van der Waals surface area contributed by atoms with Crippen molar-refractivity contribution in [2.24, 2.45) is 22.2 Å². The smallest absolute Gasteiger partial charge is 0.245 e. The van der Waals surface area contributed by atoms with Crippen LogP contribution in [0.3, 0.4) is 0 Å². The van der Waals surface area contributed by atoms with Crippen LogP contribution in [0, 0.1) is 0 Å². The molecule has 24 heteroatoms. The van der Waals surface area contributed by atoms with E-state index in [1.165, 1.54) is 26.5 Å². The van der Waals surface area contributed by atoms with Crippen LogP contribution in [0.15, 0.2) is 78.3 Å². The summed E-state index contributed by atoms with van der Waals surface area (Å²) in [6, 6.07) is 6.83. The van der Waals surface area contributed by atoms with Gasteiger partial charge >= 0.3 is 0 Å². The Hall–Kier alpha value is -8.31. The molecular weight excluding hydrogens is 967 g/mol. The van der Waals surface area contributed by atoms with Crippen molar-refractivity contribution >= 4 is 70.0 Å². The maximum absolute atomic E-state index is 15.0. The molecule has 1 saturated heterocycles. The molecule has 1 fully saturated rings. The number of amides is 9. The molecule has 24 nitrogen and oxygen atoms in total. The summed E-state index contributed by atoms with van der Waals surface area (Å²) in [7, 11) is 1.37. The zero-order valence-electron chi connectivity index (χ0n) is 42.6. The van der Waals surface area contributed by atoms with Crippen LogP contribution in [0.25, 0.3) is 10.9 Å². The Morgan fingerprint density at radius 1 is 0.813 bits per heavy atom. The van der Waals surface area contributed by atoms with E-state index in [9.17, 15) is 43.2 Å². The lowest BCUT2D eigenvalue weighted by Gasteiger charge is -2.33. The number of nitrogens with zero attached hydrogens (tertiary/aromatic N) is 3. The predicted octanol–water partition coefficient (Wildman–Crippen LogP) is -0.906. The van der Waals surface area contributed by atoms with Crippen LogP contribution in [0.5, 0.6) is 0 Å². The minimum absolute atomic E-state index is 0.0413. The number of carbonyl (C=O) groups excluding carboxylic acids is 9. The van der Waals surface area contributed by atoms with Crippen LogP contribution in [0.2, 0.25) is 0 Å². The molecule has 2 aromatic carbocycles. The molecule has 1 aliphatic heterocycles. The molecule has 2 aromatic heterocycles. The van der Waals surface area contributed by atoms with Crippen LogP contribution in [-0.2, 0) is 62.4 Å². The van der Waals surface area contributed by atoms with Crippen LogP contribution in [0.4, 0.5) is 0 Å². The van der Waals surface area contributed by atoms with E-state index >= 15 is 0 Å². The van der Waals surface area contributed by atoms with Gasteiger partial charge in [-0.25, -0.2) is 4.98 Å². The molecule has 3 heterocycles. The Balaban J connectivity index is 1.58. The topological polar surface area (TPSA) is 376 Å². The summed E-state index contributed by atoms with van der Waals surface area (Å²) in [5, 5.41) is 19.8. The molecule has 7 atom stereocenters. The van der Waals surface area contributed by atoms with Gasteiger partial charge in [0, 0.05) is 75.3 Å². The molecule has 15 N–H and O–H groups in total. The number of benzene rings is 2. The Bertz CT molecular complexity index is 2620. The van der Waals surface area contributed by atoms with E-state index < -0.39 is 102 Å². The van der Waals surface area contributed by atoms with Gasteiger partial charge in [0.25, 0.3) is 0 Å². The van der Waals surface area contributed by atoms with Crippen LogP contribution >= 0.6 is 0 Å². The minimum Gasteiger partial charge on any atom is -0.370 e. The number of H-pyrrole nitrogens is 2. The fourth-order valence-corrected chi connectivity index (χ4v) is 8.69. The Labute approximate surface area is 434 Å². The lowest BCUT2D eigenvalue weighted by atomic mass is 10.0. The number of aromatic nitrogens is 3. The standard InChI is InChI=1S/C51H71N15O9/c1-4-5-17-37(60-30(2)67)45(70)64-40-26-43(68)56-21-12-11-19-36(44(52)69)61-47(72)39(24-32-27-58-35-18-10-9-16-34(32)35)63-46(71)38(20-13-22-57-51(53)54)62-49(74)42(23-31-14-7-6-8-15-31)66(3)50(75)41(65-48(40)73)25-33-28-55-29-59-33/h6-10,14-16,18,27-29,36-42,58H,4-5,11-13,17,19-26H2,1-3H3,(H2,52,69)(H,55,59)(H,56,68)(H,60,67)(H,61,72)(H,62,74)(H,63,71)(H,64,70)(H,65,73)(H4,53,54,57)/t36-,37-,38-,39-,40-,41-,42+/m0/s1. The summed E-state index contributed by atoms with van der Waals surface area (Å²) >= 11 is 0. The number of unbranched alkanes of at least 4 members (excludes halogenated alkanes) is 1. The molecule has 0 unspecified atom stereocenters. The lowest BCUT2D eigenvalue weighted by Crippen LogP contribution is -2.61. The van der Waals surface area contributed by atoms with Crippen LogP contribution < -0.4 is 54.4 Å². The molecular formula is C51H71N15O9. The van der Waals surface area contributed by atoms with Crippen molar-refractivity contribution in [3.63, 3.8) is 0 Å². The monoisotopic (exact) mass is 1040 g/mol. The van der Waals surface area contributed by atoms with Gasteiger partial charge in [0.05, 0.1) is 12.7 Å². The van der Waals surface area contributed by atoms with Gasteiger partial charge in [-0.1, -0.05) is 68.3 Å². The number of rotatable bonds is 17. The second kappa shape index (κ2) is 28.8. The van der Waals surface area contributed by atoms with Gasteiger partial charge < -0.3 is 69.3 Å². The molecule has 0 radical (unpaired) electrons. The third kappa shape index (κ3) is 18.0. The first kappa shape index (κ1) is 57.6. The van der Waals surface area contributed by atoms with Gasteiger partial charge in [-0.15, -0.1) is 0 Å². The van der Waals surface area contributed by atoms with Crippen LogP contribution in [-0.4, -0.2) is 141 Å². The largest absolute Gasteiger partial charge is 0.370 e. The van der Waals surface area contributed by atoms with Crippen molar-refractivity contribution in [1.29, 1.82) is 0 Å². The second-order valence-electron chi connectivity index (χ2n) is 18.6. The number of hydrogen-bond acceptors (Lipinski definition) is 11. The zero-order chi connectivity index (χ0) is 54.4. The Morgan fingerprint density at radius 2 is 1.52 bits per heavy atom. The molecule has 9 amide bonds. The highest BCUT2D eigenvalue weighted by Crippen LogP contribution is 2.20. The number of imidazole rings is 1. The number of hydrogen-bond donors (Lipinski definition) is 12. The molecule has 0 spiro atoms. The first-order valence-corrected chi connectivity index (χ1v) is 25.2. The van der Waals surface area contributed by atoms with Crippen molar-refractivity contribution < 1.29 is 43.2 Å².